The highest BCUT2D eigenvalue weighted by atomic mass is 35.5. The van der Waals surface area contributed by atoms with E-state index in [1.807, 2.05) is 30.3 Å². The van der Waals surface area contributed by atoms with E-state index in [1.165, 1.54) is 11.6 Å². The predicted molar refractivity (Wildman–Crippen MR) is 156 cm³/mol. The maximum Gasteiger partial charge on any atom is 0.322 e. The standard InChI is InChI=1S/C32H32ClNO6S/c1-21-17-26(23-12-7-13-24(18-23)41(2,38)39)27(33)19-25(21)29-30(36)32(40-31(29)37)15-8-16-34(20-32)28(35)14-6-11-22-9-4-3-5-10-22/h3-5,7,9-10,12-13,17-19,29H,6,8,11,14-16,20H2,1-2H3. The molecule has 2 aliphatic heterocycles. The first kappa shape index (κ1) is 29.0. The molecule has 2 saturated heterocycles. The van der Waals surface area contributed by atoms with Crippen LogP contribution in [0.15, 0.2) is 71.6 Å². The fraction of sp³-hybridized carbons (Fsp3) is 0.344. The van der Waals surface area contributed by atoms with Crippen molar-refractivity contribution in [2.75, 3.05) is 19.3 Å². The van der Waals surface area contributed by atoms with Gasteiger partial charge in [0.2, 0.25) is 5.91 Å². The number of aryl methyl sites for hydroxylation is 2. The molecule has 2 fully saturated rings. The van der Waals surface area contributed by atoms with Gasteiger partial charge in [-0.2, -0.15) is 0 Å². The molecule has 2 unspecified atom stereocenters. The first-order valence-electron chi connectivity index (χ1n) is 13.7. The monoisotopic (exact) mass is 593 g/mol. The Balaban J connectivity index is 1.34. The predicted octanol–water partition coefficient (Wildman–Crippen LogP) is 5.31. The van der Waals surface area contributed by atoms with Gasteiger partial charge in [0.15, 0.2) is 21.2 Å². The van der Waals surface area contributed by atoms with Crippen LogP contribution in [0.25, 0.3) is 11.1 Å². The van der Waals surface area contributed by atoms with Crippen molar-refractivity contribution in [3.63, 3.8) is 0 Å². The Labute approximate surface area is 245 Å². The maximum atomic E-state index is 13.8. The fourth-order valence-electron chi connectivity index (χ4n) is 5.83. The van der Waals surface area contributed by atoms with Gasteiger partial charge in [0.25, 0.3) is 0 Å². The molecule has 0 radical (unpaired) electrons. The molecular formula is C32H32ClNO6S. The van der Waals surface area contributed by atoms with Crippen LogP contribution in [0.1, 0.15) is 48.3 Å². The lowest BCUT2D eigenvalue weighted by Crippen LogP contribution is -2.54. The third kappa shape index (κ3) is 5.95. The Hall–Kier alpha value is -3.49. The first-order chi connectivity index (χ1) is 19.5. The maximum absolute atomic E-state index is 13.8. The van der Waals surface area contributed by atoms with Crippen LogP contribution in [0, 0.1) is 6.92 Å². The number of sulfone groups is 1. The quantitative estimate of drug-likeness (QED) is 0.272. The Kier molecular flexibility index (Phi) is 8.08. The van der Waals surface area contributed by atoms with Gasteiger partial charge in [0.05, 0.1) is 11.4 Å². The molecule has 0 aliphatic carbocycles. The Morgan fingerprint density at radius 3 is 2.56 bits per heavy atom. The Bertz CT molecular complexity index is 1620. The third-order valence-electron chi connectivity index (χ3n) is 7.99. The Morgan fingerprint density at radius 1 is 1.07 bits per heavy atom. The summed E-state index contributed by atoms with van der Waals surface area (Å²) < 4.78 is 29.9. The fourth-order valence-corrected chi connectivity index (χ4v) is 6.78. The Morgan fingerprint density at radius 2 is 1.83 bits per heavy atom. The average Bonchev–Trinajstić information content (AvgIpc) is 3.17. The molecule has 5 rings (SSSR count). The average molecular weight is 594 g/mol. The van der Waals surface area contributed by atoms with Gasteiger partial charge in [-0.25, -0.2) is 8.42 Å². The van der Waals surface area contributed by atoms with Crippen LogP contribution in [0.2, 0.25) is 5.02 Å². The molecule has 3 aromatic rings. The van der Waals surface area contributed by atoms with Gasteiger partial charge in [0.1, 0.15) is 5.92 Å². The zero-order valence-corrected chi connectivity index (χ0v) is 24.6. The van der Waals surface area contributed by atoms with E-state index in [1.54, 1.807) is 42.2 Å². The van der Waals surface area contributed by atoms with Crippen molar-refractivity contribution in [1.82, 2.24) is 4.90 Å². The summed E-state index contributed by atoms with van der Waals surface area (Å²) in [6.45, 7) is 2.36. The summed E-state index contributed by atoms with van der Waals surface area (Å²) in [7, 11) is -3.41. The highest BCUT2D eigenvalue weighted by molar-refractivity contribution is 7.90. The molecular weight excluding hydrogens is 562 g/mol. The number of likely N-dealkylation sites (tertiary alicyclic amines) is 1. The van der Waals surface area contributed by atoms with Gasteiger partial charge in [0, 0.05) is 29.8 Å². The number of benzene rings is 3. The van der Waals surface area contributed by atoms with Crippen molar-refractivity contribution in [2.24, 2.45) is 0 Å². The molecule has 214 valence electrons. The van der Waals surface area contributed by atoms with Gasteiger partial charge in [-0.15, -0.1) is 0 Å². The number of hydrogen-bond donors (Lipinski definition) is 0. The van der Waals surface area contributed by atoms with E-state index in [4.69, 9.17) is 16.3 Å². The minimum absolute atomic E-state index is 0.0489. The van der Waals surface area contributed by atoms with Crippen molar-refractivity contribution in [2.45, 2.75) is 55.4 Å². The second-order valence-corrected chi connectivity index (χ2v) is 13.4. The second kappa shape index (κ2) is 11.4. The number of amides is 1. The molecule has 3 aromatic carbocycles. The summed E-state index contributed by atoms with van der Waals surface area (Å²) in [5.74, 6) is -2.18. The van der Waals surface area contributed by atoms with Gasteiger partial charge in [-0.05, 0) is 79.1 Å². The number of Topliss-reactive ketones (excluding diaryl/α,β-unsaturated/α-hetero) is 1. The summed E-state index contributed by atoms with van der Waals surface area (Å²) in [4.78, 5) is 41.9. The van der Waals surface area contributed by atoms with Gasteiger partial charge in [-0.1, -0.05) is 54.1 Å². The van der Waals surface area contributed by atoms with Crippen LogP contribution in [0.4, 0.5) is 0 Å². The van der Waals surface area contributed by atoms with E-state index in [0.29, 0.717) is 54.5 Å². The number of rotatable bonds is 7. The van der Waals surface area contributed by atoms with Gasteiger partial charge < -0.3 is 9.64 Å². The summed E-state index contributed by atoms with van der Waals surface area (Å²) in [6.07, 6.45) is 3.90. The summed E-state index contributed by atoms with van der Waals surface area (Å²) in [5, 5.41) is 0.289. The lowest BCUT2D eigenvalue weighted by atomic mass is 9.81. The summed E-state index contributed by atoms with van der Waals surface area (Å²) in [5.41, 5.74) is 2.12. The zero-order valence-electron chi connectivity index (χ0n) is 23.1. The van der Waals surface area contributed by atoms with Crippen LogP contribution in [0.3, 0.4) is 0 Å². The molecule has 1 amide bonds. The van der Waals surface area contributed by atoms with Crippen LogP contribution < -0.4 is 0 Å². The van der Waals surface area contributed by atoms with E-state index >= 15 is 0 Å². The number of carbonyl (C=O) groups is 3. The van der Waals surface area contributed by atoms with Crippen LogP contribution in [0.5, 0.6) is 0 Å². The molecule has 1 spiro atoms. The molecule has 0 N–H and O–H groups in total. The van der Waals surface area contributed by atoms with Crippen LogP contribution in [-0.2, 0) is 35.4 Å². The zero-order chi connectivity index (χ0) is 29.4. The van der Waals surface area contributed by atoms with E-state index in [2.05, 4.69) is 0 Å². The van der Waals surface area contributed by atoms with E-state index < -0.39 is 27.3 Å². The summed E-state index contributed by atoms with van der Waals surface area (Å²) >= 11 is 6.65. The second-order valence-electron chi connectivity index (χ2n) is 11.0. The summed E-state index contributed by atoms with van der Waals surface area (Å²) in [6, 6.07) is 19.8. The number of ether oxygens (including phenoxy) is 1. The highest BCUT2D eigenvalue weighted by Gasteiger charge is 2.57. The molecule has 0 aromatic heterocycles. The molecule has 0 bridgehead atoms. The molecule has 41 heavy (non-hydrogen) atoms. The lowest BCUT2D eigenvalue weighted by Gasteiger charge is -2.38. The van der Waals surface area contributed by atoms with Gasteiger partial charge in [-0.3, -0.25) is 14.4 Å². The van der Waals surface area contributed by atoms with Crippen molar-refractivity contribution >= 4 is 39.1 Å². The SMILES string of the molecule is Cc1cc(-c2cccc(S(C)(=O)=O)c2)c(Cl)cc1C1C(=O)OC2(CCCN(C(=O)CCCc3ccccc3)C2)C1=O. The molecule has 2 atom stereocenters. The number of carbonyl (C=O) groups excluding carboxylic acids is 3. The number of esters is 1. The largest absolute Gasteiger partial charge is 0.448 e. The minimum atomic E-state index is -3.41. The van der Waals surface area contributed by atoms with Crippen molar-refractivity contribution < 1.29 is 27.5 Å². The minimum Gasteiger partial charge on any atom is -0.448 e. The number of hydrogen-bond acceptors (Lipinski definition) is 6. The van der Waals surface area contributed by atoms with E-state index in [0.717, 1.165) is 12.7 Å². The molecule has 0 saturated carbocycles. The van der Waals surface area contributed by atoms with Crippen molar-refractivity contribution in [3.05, 3.63) is 88.4 Å². The number of piperidine rings is 1. The molecule has 7 nitrogen and oxygen atoms in total. The smallest absolute Gasteiger partial charge is 0.322 e. The number of nitrogens with zero attached hydrogens (tertiary/aromatic N) is 1. The van der Waals surface area contributed by atoms with Gasteiger partial charge >= 0.3 is 5.97 Å². The number of ketones is 1. The van der Waals surface area contributed by atoms with Crippen molar-refractivity contribution in [1.29, 1.82) is 0 Å². The molecule has 2 aliphatic rings. The van der Waals surface area contributed by atoms with E-state index in [9.17, 15) is 22.8 Å². The van der Waals surface area contributed by atoms with Crippen molar-refractivity contribution in [3.8, 4) is 11.1 Å². The van der Waals surface area contributed by atoms with Crippen LogP contribution >= 0.6 is 11.6 Å². The van der Waals surface area contributed by atoms with Crippen LogP contribution in [-0.4, -0.2) is 55.9 Å². The molecule has 2 heterocycles. The highest BCUT2D eigenvalue weighted by Crippen LogP contribution is 2.43. The lowest BCUT2D eigenvalue weighted by molar-refractivity contribution is -0.160. The molecule has 9 heteroatoms. The topological polar surface area (TPSA) is 97.8 Å². The van der Waals surface area contributed by atoms with E-state index in [-0.39, 0.29) is 28.2 Å². The third-order valence-corrected chi connectivity index (χ3v) is 9.41. The normalized spacial score (nSPS) is 20.9. The number of halogens is 1. The first-order valence-corrected chi connectivity index (χ1v) is 15.9.